The molecule has 2 aromatic rings. The zero-order chi connectivity index (χ0) is 17.5. The maximum atomic E-state index is 11.8. The third-order valence-electron chi connectivity index (χ3n) is 3.65. The Bertz CT molecular complexity index is 711. The van der Waals surface area contributed by atoms with E-state index in [1.807, 2.05) is 31.2 Å². The molecule has 2 rings (SSSR count). The van der Waals surface area contributed by atoms with Crippen molar-refractivity contribution in [1.29, 1.82) is 0 Å². The van der Waals surface area contributed by atoms with Gasteiger partial charge in [0.1, 0.15) is 0 Å². The summed E-state index contributed by atoms with van der Waals surface area (Å²) in [5.74, 6) is -1.10. The summed E-state index contributed by atoms with van der Waals surface area (Å²) in [6.07, 6.45) is 2.74. The molecule has 1 atom stereocenters. The zero-order valence-corrected chi connectivity index (χ0v) is 13.7. The number of carbonyl (C=O) groups excluding carboxylic acids is 1. The van der Waals surface area contributed by atoms with Crippen LogP contribution in [-0.4, -0.2) is 40.0 Å². The van der Waals surface area contributed by atoms with Crippen molar-refractivity contribution < 1.29 is 19.4 Å². The average molecular weight is 331 g/mol. The number of carboxylic acids is 1. The van der Waals surface area contributed by atoms with Crippen LogP contribution < -0.4 is 5.32 Å². The van der Waals surface area contributed by atoms with Gasteiger partial charge in [0.15, 0.2) is 5.69 Å². The summed E-state index contributed by atoms with van der Waals surface area (Å²) in [4.78, 5) is 22.7. The summed E-state index contributed by atoms with van der Waals surface area (Å²) in [6, 6.07) is 8.85. The van der Waals surface area contributed by atoms with Crippen molar-refractivity contribution in [1.82, 2.24) is 15.1 Å². The van der Waals surface area contributed by atoms with Gasteiger partial charge in [-0.2, -0.15) is 5.10 Å². The SMILES string of the molecule is COC(C)CCC(=O)NCc1cccc(-n2ccc(C(=O)O)n2)c1. The lowest BCUT2D eigenvalue weighted by Gasteiger charge is -2.10. The largest absolute Gasteiger partial charge is 0.476 e. The van der Waals surface area contributed by atoms with Gasteiger partial charge >= 0.3 is 5.97 Å². The van der Waals surface area contributed by atoms with E-state index in [9.17, 15) is 9.59 Å². The van der Waals surface area contributed by atoms with E-state index in [1.165, 1.54) is 10.7 Å². The number of aromatic carboxylic acids is 1. The van der Waals surface area contributed by atoms with E-state index in [-0.39, 0.29) is 17.7 Å². The number of hydrogen-bond acceptors (Lipinski definition) is 4. The highest BCUT2D eigenvalue weighted by Gasteiger charge is 2.09. The van der Waals surface area contributed by atoms with E-state index < -0.39 is 5.97 Å². The highest BCUT2D eigenvalue weighted by atomic mass is 16.5. The van der Waals surface area contributed by atoms with Gasteiger partial charge in [0.05, 0.1) is 11.8 Å². The lowest BCUT2D eigenvalue weighted by atomic mass is 10.2. The van der Waals surface area contributed by atoms with Gasteiger partial charge in [-0.15, -0.1) is 0 Å². The molecule has 0 fully saturated rings. The smallest absolute Gasteiger partial charge is 0.356 e. The van der Waals surface area contributed by atoms with Crippen molar-refractivity contribution in [3.05, 3.63) is 47.8 Å². The van der Waals surface area contributed by atoms with Crippen LogP contribution in [0.5, 0.6) is 0 Å². The van der Waals surface area contributed by atoms with E-state index >= 15 is 0 Å². The highest BCUT2D eigenvalue weighted by molar-refractivity contribution is 5.85. The summed E-state index contributed by atoms with van der Waals surface area (Å²) < 4.78 is 6.61. The summed E-state index contributed by atoms with van der Waals surface area (Å²) >= 11 is 0. The fourth-order valence-corrected chi connectivity index (χ4v) is 2.13. The van der Waals surface area contributed by atoms with E-state index in [1.54, 1.807) is 13.3 Å². The number of ether oxygens (including phenoxy) is 1. The fraction of sp³-hybridized carbons (Fsp3) is 0.353. The third-order valence-corrected chi connectivity index (χ3v) is 3.65. The molecule has 0 aliphatic heterocycles. The molecule has 0 bridgehead atoms. The molecule has 1 unspecified atom stereocenters. The highest BCUT2D eigenvalue weighted by Crippen LogP contribution is 2.11. The second kappa shape index (κ2) is 8.26. The Morgan fingerprint density at radius 2 is 2.17 bits per heavy atom. The summed E-state index contributed by atoms with van der Waals surface area (Å²) in [6.45, 7) is 2.33. The molecule has 1 amide bonds. The van der Waals surface area contributed by atoms with Gasteiger partial charge in [0, 0.05) is 26.3 Å². The molecule has 0 spiro atoms. The number of rotatable bonds is 8. The lowest BCUT2D eigenvalue weighted by molar-refractivity contribution is -0.121. The number of methoxy groups -OCH3 is 1. The van der Waals surface area contributed by atoms with Crippen LogP contribution in [0.3, 0.4) is 0 Å². The van der Waals surface area contributed by atoms with Gasteiger partial charge in [0.25, 0.3) is 0 Å². The number of benzene rings is 1. The van der Waals surface area contributed by atoms with Crippen LogP contribution in [0, 0.1) is 0 Å². The molecule has 7 nitrogen and oxygen atoms in total. The number of nitrogens with one attached hydrogen (secondary N) is 1. The van der Waals surface area contributed by atoms with E-state index in [0.29, 0.717) is 19.4 Å². The molecule has 7 heteroatoms. The Morgan fingerprint density at radius 1 is 1.38 bits per heavy atom. The molecule has 0 saturated carbocycles. The minimum atomic E-state index is -1.07. The first-order valence-electron chi connectivity index (χ1n) is 7.67. The average Bonchev–Trinajstić information content (AvgIpc) is 3.08. The summed E-state index contributed by atoms with van der Waals surface area (Å²) in [7, 11) is 1.62. The summed E-state index contributed by atoms with van der Waals surface area (Å²) in [5.41, 5.74) is 1.64. The molecule has 0 saturated heterocycles. The second-order valence-corrected chi connectivity index (χ2v) is 5.48. The van der Waals surface area contributed by atoms with Crippen molar-refractivity contribution in [2.75, 3.05) is 7.11 Å². The third kappa shape index (κ3) is 4.92. The quantitative estimate of drug-likeness (QED) is 0.772. The maximum Gasteiger partial charge on any atom is 0.356 e. The first-order chi connectivity index (χ1) is 11.5. The molecule has 0 radical (unpaired) electrons. The normalized spacial score (nSPS) is 11.9. The first-order valence-corrected chi connectivity index (χ1v) is 7.67. The van der Waals surface area contributed by atoms with E-state index in [0.717, 1.165) is 11.3 Å². The predicted octanol–water partition coefficient (Wildman–Crippen LogP) is 2.00. The van der Waals surface area contributed by atoms with Crippen LogP contribution in [0.4, 0.5) is 0 Å². The van der Waals surface area contributed by atoms with Crippen LogP contribution in [0.2, 0.25) is 0 Å². The molecule has 24 heavy (non-hydrogen) atoms. The number of carbonyl (C=O) groups is 2. The first kappa shape index (κ1) is 17.7. The number of aromatic nitrogens is 2. The lowest BCUT2D eigenvalue weighted by Crippen LogP contribution is -2.23. The topological polar surface area (TPSA) is 93.5 Å². The zero-order valence-electron chi connectivity index (χ0n) is 13.7. The van der Waals surface area contributed by atoms with Crippen LogP contribution in [-0.2, 0) is 16.1 Å². The Labute approximate surface area is 140 Å². The number of carboxylic acid groups (broad SMARTS) is 1. The second-order valence-electron chi connectivity index (χ2n) is 5.48. The number of nitrogens with zero attached hydrogens (tertiary/aromatic N) is 2. The fourth-order valence-electron chi connectivity index (χ4n) is 2.13. The molecule has 2 N–H and O–H groups in total. The van der Waals surface area contributed by atoms with Crippen LogP contribution in [0.25, 0.3) is 5.69 Å². The minimum Gasteiger partial charge on any atom is -0.476 e. The van der Waals surface area contributed by atoms with Crippen molar-refractivity contribution >= 4 is 11.9 Å². The van der Waals surface area contributed by atoms with Gasteiger partial charge < -0.3 is 15.2 Å². The van der Waals surface area contributed by atoms with Crippen molar-refractivity contribution in [3.8, 4) is 5.69 Å². The van der Waals surface area contributed by atoms with E-state index in [4.69, 9.17) is 9.84 Å². The standard InChI is InChI=1S/C17H21N3O4/c1-12(24-2)6-7-16(21)18-11-13-4-3-5-14(10-13)20-9-8-15(19-20)17(22)23/h3-5,8-10,12H,6-7,11H2,1-2H3,(H,18,21)(H,22,23). The monoisotopic (exact) mass is 331 g/mol. The molecule has 128 valence electrons. The minimum absolute atomic E-state index is 0.0130. The molecule has 0 aliphatic carbocycles. The molecular formula is C17H21N3O4. The molecule has 1 heterocycles. The van der Waals surface area contributed by atoms with Gasteiger partial charge in [-0.3, -0.25) is 4.79 Å². The number of amides is 1. The van der Waals surface area contributed by atoms with Gasteiger partial charge in [-0.1, -0.05) is 12.1 Å². The van der Waals surface area contributed by atoms with Gasteiger partial charge in [-0.25, -0.2) is 9.48 Å². The van der Waals surface area contributed by atoms with E-state index in [2.05, 4.69) is 10.4 Å². The van der Waals surface area contributed by atoms with Crippen LogP contribution in [0.15, 0.2) is 36.5 Å². The maximum absolute atomic E-state index is 11.8. The van der Waals surface area contributed by atoms with Gasteiger partial charge in [0.2, 0.25) is 5.91 Å². The van der Waals surface area contributed by atoms with Crippen LogP contribution >= 0.6 is 0 Å². The van der Waals surface area contributed by atoms with Gasteiger partial charge in [-0.05, 0) is 37.1 Å². The molecule has 1 aromatic carbocycles. The molecular weight excluding hydrogens is 310 g/mol. The Morgan fingerprint density at radius 3 is 2.83 bits per heavy atom. The molecule has 0 aliphatic rings. The van der Waals surface area contributed by atoms with Crippen molar-refractivity contribution in [2.45, 2.75) is 32.4 Å². The van der Waals surface area contributed by atoms with Crippen LogP contribution in [0.1, 0.15) is 35.8 Å². The Kier molecular flexibility index (Phi) is 6.08. The molecule has 1 aromatic heterocycles. The van der Waals surface area contributed by atoms with Crippen molar-refractivity contribution in [2.24, 2.45) is 0 Å². The Balaban J connectivity index is 1.95. The predicted molar refractivity (Wildman–Crippen MR) is 88.1 cm³/mol. The number of hydrogen-bond donors (Lipinski definition) is 2. The van der Waals surface area contributed by atoms with Crippen molar-refractivity contribution in [3.63, 3.8) is 0 Å². The summed E-state index contributed by atoms with van der Waals surface area (Å²) in [5, 5.41) is 15.8. The Hall–Kier alpha value is -2.67.